The standard InChI is InChI=1S/C9H9Cl2N3O/c1-5(10)4-12-8(15)7-3-6(2)13-9(11)14-7/h3H,1,4H2,2H3,(H,12,15). The van der Waals surface area contributed by atoms with Crippen molar-refractivity contribution in [3.63, 3.8) is 0 Å². The third-order valence-electron chi connectivity index (χ3n) is 1.50. The van der Waals surface area contributed by atoms with Crippen molar-refractivity contribution >= 4 is 29.1 Å². The van der Waals surface area contributed by atoms with Crippen LogP contribution >= 0.6 is 23.2 Å². The van der Waals surface area contributed by atoms with Crippen LogP contribution in [0.2, 0.25) is 5.28 Å². The van der Waals surface area contributed by atoms with Crippen molar-refractivity contribution < 1.29 is 4.79 Å². The number of carbonyl (C=O) groups excluding carboxylic acids is 1. The van der Waals surface area contributed by atoms with Crippen LogP contribution in [0.15, 0.2) is 17.7 Å². The van der Waals surface area contributed by atoms with Crippen LogP contribution in [0.4, 0.5) is 0 Å². The van der Waals surface area contributed by atoms with Gasteiger partial charge in [0.05, 0.1) is 6.54 Å². The smallest absolute Gasteiger partial charge is 0.270 e. The Morgan fingerprint density at radius 3 is 2.80 bits per heavy atom. The molecule has 15 heavy (non-hydrogen) atoms. The molecule has 0 aliphatic carbocycles. The molecule has 4 nitrogen and oxygen atoms in total. The third kappa shape index (κ3) is 3.85. The van der Waals surface area contributed by atoms with Gasteiger partial charge in [-0.25, -0.2) is 9.97 Å². The summed E-state index contributed by atoms with van der Waals surface area (Å²) in [6.45, 7) is 5.37. The summed E-state index contributed by atoms with van der Waals surface area (Å²) >= 11 is 11.1. The number of aromatic nitrogens is 2. The second-order valence-electron chi connectivity index (χ2n) is 2.86. The molecule has 1 aromatic rings. The number of hydrogen-bond acceptors (Lipinski definition) is 3. The van der Waals surface area contributed by atoms with E-state index in [0.29, 0.717) is 10.7 Å². The van der Waals surface area contributed by atoms with Crippen molar-refractivity contribution in [1.29, 1.82) is 0 Å². The molecule has 6 heteroatoms. The lowest BCUT2D eigenvalue weighted by Gasteiger charge is -2.03. The molecule has 80 valence electrons. The number of nitrogens with zero attached hydrogens (tertiary/aromatic N) is 2. The monoisotopic (exact) mass is 245 g/mol. The van der Waals surface area contributed by atoms with Gasteiger partial charge in [0.2, 0.25) is 5.28 Å². The number of amides is 1. The minimum Gasteiger partial charge on any atom is -0.346 e. The van der Waals surface area contributed by atoms with Crippen molar-refractivity contribution in [2.45, 2.75) is 6.92 Å². The van der Waals surface area contributed by atoms with E-state index in [-0.39, 0.29) is 23.4 Å². The van der Waals surface area contributed by atoms with Crippen LogP contribution in [0.1, 0.15) is 16.2 Å². The number of carbonyl (C=O) groups is 1. The highest BCUT2D eigenvalue weighted by Gasteiger charge is 2.09. The highest BCUT2D eigenvalue weighted by Crippen LogP contribution is 2.05. The van der Waals surface area contributed by atoms with Gasteiger partial charge in [-0.1, -0.05) is 18.2 Å². The Morgan fingerprint density at radius 2 is 2.27 bits per heavy atom. The molecular formula is C9H9Cl2N3O. The zero-order valence-corrected chi connectivity index (χ0v) is 9.56. The molecule has 0 atom stereocenters. The molecule has 0 unspecified atom stereocenters. The maximum absolute atomic E-state index is 11.5. The first-order valence-electron chi connectivity index (χ1n) is 4.11. The summed E-state index contributed by atoms with van der Waals surface area (Å²) in [6.07, 6.45) is 0. The van der Waals surface area contributed by atoms with Crippen molar-refractivity contribution in [3.05, 3.63) is 34.3 Å². The number of hydrogen-bond donors (Lipinski definition) is 1. The van der Waals surface area contributed by atoms with E-state index in [9.17, 15) is 4.79 Å². The van der Waals surface area contributed by atoms with Gasteiger partial charge < -0.3 is 5.32 Å². The van der Waals surface area contributed by atoms with Crippen molar-refractivity contribution in [3.8, 4) is 0 Å². The molecule has 0 aliphatic rings. The van der Waals surface area contributed by atoms with Crippen molar-refractivity contribution in [2.75, 3.05) is 6.54 Å². The Hall–Kier alpha value is -1.13. The van der Waals surface area contributed by atoms with E-state index in [4.69, 9.17) is 23.2 Å². The molecule has 1 aromatic heterocycles. The van der Waals surface area contributed by atoms with Gasteiger partial charge in [-0.05, 0) is 24.6 Å². The first kappa shape index (κ1) is 11.9. The molecule has 1 N–H and O–H groups in total. The quantitative estimate of drug-likeness (QED) is 0.829. The molecule has 0 saturated carbocycles. The summed E-state index contributed by atoms with van der Waals surface area (Å²) in [5.41, 5.74) is 0.843. The van der Waals surface area contributed by atoms with Crippen LogP contribution in [0.3, 0.4) is 0 Å². The zero-order chi connectivity index (χ0) is 11.4. The molecule has 1 amide bonds. The number of rotatable bonds is 3. The lowest BCUT2D eigenvalue weighted by Crippen LogP contribution is -2.25. The molecule has 0 aromatic carbocycles. The topological polar surface area (TPSA) is 54.9 Å². The molecule has 0 radical (unpaired) electrons. The molecule has 0 saturated heterocycles. The van der Waals surface area contributed by atoms with Gasteiger partial charge in [0.25, 0.3) is 5.91 Å². The molecule has 0 aliphatic heterocycles. The first-order valence-corrected chi connectivity index (χ1v) is 4.87. The van der Waals surface area contributed by atoms with Crippen LogP contribution in [0.5, 0.6) is 0 Å². The summed E-state index contributed by atoms with van der Waals surface area (Å²) in [7, 11) is 0. The van der Waals surface area contributed by atoms with Crippen LogP contribution in [0.25, 0.3) is 0 Å². The molecular weight excluding hydrogens is 237 g/mol. The van der Waals surface area contributed by atoms with E-state index < -0.39 is 0 Å². The normalized spacial score (nSPS) is 9.80. The fraction of sp³-hybridized carbons (Fsp3) is 0.222. The Bertz CT molecular complexity index is 386. The van der Waals surface area contributed by atoms with Gasteiger partial charge in [0.1, 0.15) is 5.69 Å². The summed E-state index contributed by atoms with van der Waals surface area (Å²) in [6, 6.07) is 1.54. The second kappa shape index (κ2) is 5.09. The first-order chi connectivity index (χ1) is 6.99. The van der Waals surface area contributed by atoms with Gasteiger partial charge in [-0.2, -0.15) is 0 Å². The van der Waals surface area contributed by atoms with Crippen LogP contribution in [0, 0.1) is 6.92 Å². The minimum absolute atomic E-state index is 0.0462. The fourth-order valence-corrected chi connectivity index (χ4v) is 1.21. The molecule has 0 fully saturated rings. The van der Waals surface area contributed by atoms with E-state index in [1.165, 1.54) is 6.07 Å². The highest BCUT2D eigenvalue weighted by molar-refractivity contribution is 6.29. The second-order valence-corrected chi connectivity index (χ2v) is 3.74. The average molecular weight is 246 g/mol. The highest BCUT2D eigenvalue weighted by atomic mass is 35.5. The minimum atomic E-state index is -0.357. The van der Waals surface area contributed by atoms with Crippen molar-refractivity contribution in [2.24, 2.45) is 0 Å². The van der Waals surface area contributed by atoms with Crippen LogP contribution in [-0.4, -0.2) is 22.4 Å². The van der Waals surface area contributed by atoms with E-state index in [0.717, 1.165) is 0 Å². The van der Waals surface area contributed by atoms with Gasteiger partial charge in [0.15, 0.2) is 0 Å². The Kier molecular flexibility index (Phi) is 4.05. The summed E-state index contributed by atoms with van der Waals surface area (Å²) in [5.74, 6) is -0.357. The molecule has 1 heterocycles. The largest absolute Gasteiger partial charge is 0.346 e. The lowest BCUT2D eigenvalue weighted by atomic mass is 10.3. The number of nitrogens with one attached hydrogen (secondary N) is 1. The van der Waals surface area contributed by atoms with E-state index in [1.807, 2.05) is 0 Å². The molecule has 0 bridgehead atoms. The maximum Gasteiger partial charge on any atom is 0.270 e. The third-order valence-corrected chi connectivity index (χ3v) is 1.80. The zero-order valence-electron chi connectivity index (χ0n) is 8.05. The maximum atomic E-state index is 11.5. The van der Waals surface area contributed by atoms with E-state index in [2.05, 4.69) is 21.9 Å². The predicted octanol–water partition coefficient (Wildman–Crippen LogP) is 1.92. The van der Waals surface area contributed by atoms with Crippen LogP contribution < -0.4 is 5.32 Å². The Balaban J connectivity index is 2.77. The van der Waals surface area contributed by atoms with Gasteiger partial charge in [0, 0.05) is 10.7 Å². The number of aryl methyl sites for hydroxylation is 1. The van der Waals surface area contributed by atoms with E-state index >= 15 is 0 Å². The SMILES string of the molecule is C=C(Cl)CNC(=O)c1cc(C)nc(Cl)n1. The molecule has 0 spiro atoms. The Morgan fingerprint density at radius 1 is 1.60 bits per heavy atom. The van der Waals surface area contributed by atoms with E-state index in [1.54, 1.807) is 6.92 Å². The lowest BCUT2D eigenvalue weighted by molar-refractivity contribution is 0.0952. The molecule has 1 rings (SSSR count). The number of halogens is 2. The van der Waals surface area contributed by atoms with Crippen LogP contribution in [-0.2, 0) is 0 Å². The van der Waals surface area contributed by atoms with Gasteiger partial charge in [-0.3, -0.25) is 4.79 Å². The predicted molar refractivity (Wildman–Crippen MR) is 59.1 cm³/mol. The average Bonchev–Trinajstić information content (AvgIpc) is 2.12. The van der Waals surface area contributed by atoms with Gasteiger partial charge >= 0.3 is 0 Å². The van der Waals surface area contributed by atoms with Gasteiger partial charge in [-0.15, -0.1) is 0 Å². The fourth-order valence-electron chi connectivity index (χ4n) is 0.915. The Labute approximate surface area is 97.3 Å². The summed E-state index contributed by atoms with van der Waals surface area (Å²) < 4.78 is 0. The summed E-state index contributed by atoms with van der Waals surface area (Å²) in [5, 5.41) is 2.93. The van der Waals surface area contributed by atoms with Crippen molar-refractivity contribution in [1.82, 2.24) is 15.3 Å². The summed E-state index contributed by atoms with van der Waals surface area (Å²) in [4.78, 5) is 19.1.